The third-order valence-corrected chi connectivity index (χ3v) is 6.64. The van der Waals surface area contributed by atoms with Crippen molar-refractivity contribution >= 4 is 28.8 Å². The van der Waals surface area contributed by atoms with Gasteiger partial charge in [0.05, 0.1) is 35.8 Å². The van der Waals surface area contributed by atoms with Crippen LogP contribution in [0.2, 0.25) is 0 Å². The number of carbonyl (C=O) groups excluding carboxylic acids is 1. The Kier molecular flexibility index (Phi) is 8.99. The molecule has 0 fully saturated rings. The molecule has 0 aliphatic heterocycles. The zero-order chi connectivity index (χ0) is 30.6. The summed E-state index contributed by atoms with van der Waals surface area (Å²) in [5, 5.41) is 16.7. The van der Waals surface area contributed by atoms with Crippen LogP contribution < -0.4 is 15.0 Å². The third kappa shape index (κ3) is 5.99. The van der Waals surface area contributed by atoms with Gasteiger partial charge in [-0.1, -0.05) is 32.0 Å². The molecule has 0 aliphatic rings. The number of nitro groups is 1. The highest BCUT2D eigenvalue weighted by Crippen LogP contribution is 2.34. The van der Waals surface area contributed by atoms with Crippen LogP contribution >= 0.6 is 0 Å². The Labute approximate surface area is 242 Å². The fourth-order valence-electron chi connectivity index (χ4n) is 4.49. The molecule has 0 saturated carbocycles. The number of ether oxygens (including phenoxy) is 3. The predicted molar refractivity (Wildman–Crippen MR) is 160 cm³/mol. The smallest absolute Gasteiger partial charge is 0.347 e. The maximum atomic E-state index is 13.8. The van der Waals surface area contributed by atoms with Crippen molar-refractivity contribution in [2.24, 2.45) is 5.10 Å². The van der Waals surface area contributed by atoms with Crippen LogP contribution in [0.25, 0.3) is 22.3 Å². The van der Waals surface area contributed by atoms with Crippen molar-refractivity contribution in [1.29, 1.82) is 0 Å². The summed E-state index contributed by atoms with van der Waals surface area (Å²) in [5.74, 6) is 0.266. The van der Waals surface area contributed by atoms with Crippen LogP contribution in [0.4, 0.5) is 5.69 Å². The van der Waals surface area contributed by atoms with Gasteiger partial charge in [-0.3, -0.25) is 14.9 Å². The van der Waals surface area contributed by atoms with E-state index >= 15 is 0 Å². The minimum absolute atomic E-state index is 0.120. The second kappa shape index (κ2) is 12.6. The highest BCUT2D eigenvalue weighted by Gasteiger charge is 2.25. The number of rotatable bonds is 10. The standard InChI is InChI=1S/C31H32N4O7/c1-7-41-31(37)20(5)42-28-21(11-10-14-26(28)35(38)39)17-32-34-29(33-25-13-9-8-12-22(25)30(34)36)24-16-23(18(2)3)27(40-6)15-19(24)4/h8-18,20H,7H2,1-6H3/t20-/m1/s1. The number of aromatic nitrogens is 2. The Balaban J connectivity index is 1.94. The second-order valence-electron chi connectivity index (χ2n) is 9.84. The number of aryl methyl sites for hydroxylation is 1. The van der Waals surface area contributed by atoms with Gasteiger partial charge >= 0.3 is 11.7 Å². The molecule has 0 saturated heterocycles. The molecular weight excluding hydrogens is 540 g/mol. The fourth-order valence-corrected chi connectivity index (χ4v) is 4.49. The number of esters is 1. The molecule has 0 bridgehead atoms. The van der Waals surface area contributed by atoms with E-state index in [1.807, 2.05) is 32.9 Å². The van der Waals surface area contributed by atoms with E-state index in [0.717, 1.165) is 16.9 Å². The van der Waals surface area contributed by atoms with Crippen LogP contribution in [0.15, 0.2) is 64.5 Å². The summed E-state index contributed by atoms with van der Waals surface area (Å²) < 4.78 is 17.5. The van der Waals surface area contributed by atoms with E-state index in [9.17, 15) is 19.7 Å². The first-order valence-electron chi connectivity index (χ1n) is 13.4. The first-order valence-corrected chi connectivity index (χ1v) is 13.4. The average molecular weight is 573 g/mol. The van der Waals surface area contributed by atoms with E-state index in [1.54, 1.807) is 44.4 Å². The van der Waals surface area contributed by atoms with Crippen molar-refractivity contribution < 1.29 is 23.9 Å². The average Bonchev–Trinajstić information content (AvgIpc) is 2.96. The molecule has 218 valence electrons. The van der Waals surface area contributed by atoms with Crippen molar-refractivity contribution in [3.8, 4) is 22.9 Å². The first-order chi connectivity index (χ1) is 20.1. The summed E-state index contributed by atoms with van der Waals surface area (Å²) in [4.78, 5) is 42.0. The minimum atomic E-state index is -1.13. The molecule has 0 N–H and O–H groups in total. The van der Waals surface area contributed by atoms with Crippen molar-refractivity contribution in [1.82, 2.24) is 9.66 Å². The molecule has 11 nitrogen and oxygen atoms in total. The molecular formula is C31H32N4O7. The van der Waals surface area contributed by atoms with Gasteiger partial charge in [-0.25, -0.2) is 9.78 Å². The number of fused-ring (bicyclic) bond motifs is 1. The van der Waals surface area contributed by atoms with Gasteiger partial charge in [0, 0.05) is 17.2 Å². The van der Waals surface area contributed by atoms with Gasteiger partial charge in [0.1, 0.15) is 5.75 Å². The molecule has 0 spiro atoms. The highest BCUT2D eigenvalue weighted by atomic mass is 16.6. The normalized spacial score (nSPS) is 12.1. The number of methoxy groups -OCH3 is 1. The van der Waals surface area contributed by atoms with E-state index in [0.29, 0.717) is 16.5 Å². The zero-order valence-corrected chi connectivity index (χ0v) is 24.3. The summed E-state index contributed by atoms with van der Waals surface area (Å²) in [6.07, 6.45) is 0.152. The summed E-state index contributed by atoms with van der Waals surface area (Å²) in [7, 11) is 1.61. The van der Waals surface area contributed by atoms with Crippen LogP contribution in [0.5, 0.6) is 11.5 Å². The van der Waals surface area contributed by atoms with Gasteiger partial charge < -0.3 is 14.2 Å². The van der Waals surface area contributed by atoms with Gasteiger partial charge in [0.15, 0.2) is 11.9 Å². The molecule has 0 aliphatic carbocycles. The molecule has 1 atom stereocenters. The summed E-state index contributed by atoms with van der Waals surface area (Å²) in [6.45, 7) is 9.18. The van der Waals surface area contributed by atoms with Gasteiger partial charge in [-0.2, -0.15) is 9.78 Å². The van der Waals surface area contributed by atoms with Crippen LogP contribution in [0.1, 0.15) is 50.3 Å². The monoisotopic (exact) mass is 572 g/mol. The number of nitro benzene ring substituents is 1. The van der Waals surface area contributed by atoms with Gasteiger partial charge in [-0.05, 0) is 68.1 Å². The Morgan fingerprint density at radius 2 is 1.88 bits per heavy atom. The van der Waals surface area contributed by atoms with Crippen LogP contribution in [-0.2, 0) is 9.53 Å². The topological polar surface area (TPSA) is 135 Å². The van der Waals surface area contributed by atoms with Crippen LogP contribution in [0, 0.1) is 17.0 Å². The molecule has 3 aromatic carbocycles. The summed E-state index contributed by atoms with van der Waals surface area (Å²) in [6, 6.07) is 15.0. The molecule has 4 rings (SSSR count). The summed E-state index contributed by atoms with van der Waals surface area (Å²) >= 11 is 0. The SMILES string of the molecule is CCOC(=O)[C@@H](C)Oc1c(C=Nn2c(-c3cc(C(C)C)c(OC)cc3C)nc3ccccc3c2=O)cccc1[N+](=O)[O-]. The van der Waals surface area contributed by atoms with Gasteiger partial charge in [0.25, 0.3) is 5.56 Å². The van der Waals surface area contributed by atoms with E-state index in [-0.39, 0.29) is 35.3 Å². The summed E-state index contributed by atoms with van der Waals surface area (Å²) in [5.41, 5.74) is 2.29. The van der Waals surface area contributed by atoms with Crippen molar-refractivity contribution in [2.45, 2.75) is 46.6 Å². The lowest BCUT2D eigenvalue weighted by molar-refractivity contribution is -0.386. The maximum Gasteiger partial charge on any atom is 0.347 e. The lowest BCUT2D eigenvalue weighted by Gasteiger charge is -2.17. The first kappa shape index (κ1) is 29.9. The van der Waals surface area contributed by atoms with Crippen molar-refractivity contribution in [2.75, 3.05) is 13.7 Å². The zero-order valence-electron chi connectivity index (χ0n) is 24.3. The largest absolute Gasteiger partial charge is 0.496 e. The fraction of sp³-hybridized carbons (Fsp3) is 0.290. The van der Waals surface area contributed by atoms with E-state index < -0.39 is 22.6 Å². The Morgan fingerprint density at radius 3 is 2.55 bits per heavy atom. The molecule has 1 aromatic heterocycles. The minimum Gasteiger partial charge on any atom is -0.496 e. The predicted octanol–water partition coefficient (Wildman–Crippen LogP) is 5.62. The van der Waals surface area contributed by atoms with Gasteiger partial charge in [0.2, 0.25) is 5.75 Å². The molecule has 4 aromatic rings. The van der Waals surface area contributed by atoms with Gasteiger partial charge in [-0.15, -0.1) is 0 Å². The second-order valence-corrected chi connectivity index (χ2v) is 9.84. The maximum absolute atomic E-state index is 13.8. The number of hydrogen-bond donors (Lipinski definition) is 0. The van der Waals surface area contributed by atoms with Crippen molar-refractivity contribution in [3.63, 3.8) is 0 Å². The number of nitrogens with zero attached hydrogens (tertiary/aromatic N) is 4. The number of para-hydroxylation sites is 2. The van der Waals surface area contributed by atoms with E-state index in [1.165, 1.54) is 29.9 Å². The lowest BCUT2D eigenvalue weighted by atomic mass is 9.96. The van der Waals surface area contributed by atoms with E-state index in [2.05, 4.69) is 5.10 Å². The molecule has 1 heterocycles. The number of benzene rings is 3. The van der Waals surface area contributed by atoms with E-state index in [4.69, 9.17) is 19.2 Å². The quantitative estimate of drug-likeness (QED) is 0.103. The van der Waals surface area contributed by atoms with Crippen molar-refractivity contribution in [3.05, 3.63) is 91.8 Å². The Bertz CT molecular complexity index is 1740. The number of carbonyl (C=O) groups is 1. The van der Waals surface area contributed by atoms with Crippen LogP contribution in [-0.4, -0.2) is 46.6 Å². The Morgan fingerprint density at radius 1 is 1.14 bits per heavy atom. The molecule has 0 unspecified atom stereocenters. The molecule has 0 radical (unpaired) electrons. The third-order valence-electron chi connectivity index (χ3n) is 6.64. The molecule has 42 heavy (non-hydrogen) atoms. The number of hydrogen-bond acceptors (Lipinski definition) is 9. The highest BCUT2D eigenvalue weighted by molar-refractivity contribution is 5.87. The Hall–Kier alpha value is -5.06. The lowest BCUT2D eigenvalue weighted by Crippen LogP contribution is -2.27. The van der Waals surface area contributed by atoms with Crippen LogP contribution in [0.3, 0.4) is 0 Å². The molecule has 11 heteroatoms. The molecule has 0 amide bonds.